The molecule has 0 heterocycles. The maximum absolute atomic E-state index is 12.4. The van der Waals surface area contributed by atoms with Gasteiger partial charge in [-0.25, -0.2) is 4.79 Å². The van der Waals surface area contributed by atoms with E-state index in [1.165, 1.54) is 0 Å². The molecule has 6 nitrogen and oxygen atoms in total. The Morgan fingerprint density at radius 3 is 2.43 bits per heavy atom. The summed E-state index contributed by atoms with van der Waals surface area (Å²) in [6.07, 6.45) is 0.804. The van der Waals surface area contributed by atoms with Crippen LogP contribution >= 0.6 is 0 Å². The minimum absolute atomic E-state index is 0.0843. The van der Waals surface area contributed by atoms with Crippen LogP contribution in [0.15, 0.2) is 42.5 Å². The van der Waals surface area contributed by atoms with Crippen molar-refractivity contribution in [3.05, 3.63) is 53.6 Å². The number of nitrogens with zero attached hydrogens (tertiary/aromatic N) is 1. The number of likely N-dealkylation sites (N-methyl/N-ethyl adjacent to an activating group) is 1. The smallest absolute Gasteiger partial charge is 0.317 e. The van der Waals surface area contributed by atoms with Gasteiger partial charge in [-0.05, 0) is 44.0 Å². The van der Waals surface area contributed by atoms with Gasteiger partial charge in [0.1, 0.15) is 5.75 Å². The zero-order valence-electron chi connectivity index (χ0n) is 17.3. The highest BCUT2D eigenvalue weighted by Crippen LogP contribution is 2.27. The van der Waals surface area contributed by atoms with Gasteiger partial charge in [0.25, 0.3) is 0 Å². The average molecular weight is 386 g/mol. The average Bonchev–Trinajstić information content (AvgIpc) is 2.70. The molecule has 0 atom stereocenters. The highest BCUT2D eigenvalue weighted by Gasteiger charge is 2.11. The summed E-state index contributed by atoms with van der Waals surface area (Å²) in [5.41, 5.74) is 2.03. The Kier molecular flexibility index (Phi) is 7.99. The van der Waals surface area contributed by atoms with Gasteiger partial charge in [0.2, 0.25) is 0 Å². The highest BCUT2D eigenvalue weighted by atomic mass is 16.5. The molecule has 0 aliphatic rings. The molecule has 0 saturated heterocycles. The number of hydrogen-bond donors (Lipinski definition) is 1. The van der Waals surface area contributed by atoms with E-state index in [4.69, 9.17) is 14.2 Å². The van der Waals surface area contributed by atoms with Crippen LogP contribution in [0.3, 0.4) is 0 Å². The summed E-state index contributed by atoms with van der Waals surface area (Å²) in [6, 6.07) is 13.4. The predicted octanol–water partition coefficient (Wildman–Crippen LogP) is 3.88. The molecule has 2 rings (SSSR count). The van der Waals surface area contributed by atoms with Crippen LogP contribution in [0.1, 0.15) is 25.0 Å². The Hall–Kier alpha value is -2.89. The van der Waals surface area contributed by atoms with E-state index in [-0.39, 0.29) is 12.1 Å². The van der Waals surface area contributed by atoms with Gasteiger partial charge < -0.3 is 24.4 Å². The Bertz CT molecular complexity index is 777. The summed E-state index contributed by atoms with van der Waals surface area (Å²) in [5.74, 6) is 2.18. The third-order valence-electron chi connectivity index (χ3n) is 4.30. The molecule has 2 aromatic carbocycles. The van der Waals surface area contributed by atoms with Gasteiger partial charge in [-0.2, -0.15) is 0 Å². The standard InChI is InChI=1S/C22H30N2O4/c1-16(2)28-19-9-7-6-8-18(19)15-23-22(25)24(3)13-12-17-10-11-20(26-4)21(14-17)27-5/h6-11,14,16H,12-13,15H2,1-5H3,(H,23,25). The number of ether oxygens (including phenoxy) is 3. The molecular weight excluding hydrogens is 356 g/mol. The minimum Gasteiger partial charge on any atom is -0.493 e. The molecule has 0 bridgehead atoms. The molecular formula is C22H30N2O4. The van der Waals surface area contributed by atoms with Crippen molar-refractivity contribution in [1.29, 1.82) is 0 Å². The quantitative estimate of drug-likeness (QED) is 0.711. The summed E-state index contributed by atoms with van der Waals surface area (Å²) >= 11 is 0. The molecule has 152 valence electrons. The topological polar surface area (TPSA) is 60.0 Å². The number of carbonyl (C=O) groups excluding carboxylic acids is 1. The molecule has 0 unspecified atom stereocenters. The monoisotopic (exact) mass is 386 g/mol. The number of nitrogens with one attached hydrogen (secondary N) is 1. The fraction of sp³-hybridized carbons (Fsp3) is 0.409. The van der Waals surface area contributed by atoms with Crippen molar-refractivity contribution in [2.75, 3.05) is 27.8 Å². The van der Waals surface area contributed by atoms with Crippen LogP contribution in [-0.2, 0) is 13.0 Å². The van der Waals surface area contributed by atoms with E-state index < -0.39 is 0 Å². The van der Waals surface area contributed by atoms with Crippen LogP contribution in [0.2, 0.25) is 0 Å². The van der Waals surface area contributed by atoms with E-state index in [9.17, 15) is 4.79 Å². The zero-order chi connectivity index (χ0) is 20.5. The van der Waals surface area contributed by atoms with Gasteiger partial charge in [0.05, 0.1) is 20.3 Å². The molecule has 6 heteroatoms. The molecule has 0 spiro atoms. The number of hydrogen-bond acceptors (Lipinski definition) is 4. The summed E-state index contributed by atoms with van der Waals surface area (Å²) in [6.45, 7) is 4.97. The first-order chi connectivity index (χ1) is 13.4. The Labute approximate surface area is 167 Å². The zero-order valence-corrected chi connectivity index (χ0v) is 17.3. The van der Waals surface area contributed by atoms with Crippen LogP contribution < -0.4 is 19.5 Å². The fourth-order valence-electron chi connectivity index (χ4n) is 2.76. The van der Waals surface area contributed by atoms with E-state index in [0.29, 0.717) is 24.6 Å². The van der Waals surface area contributed by atoms with Crippen molar-refractivity contribution in [2.45, 2.75) is 32.9 Å². The van der Waals surface area contributed by atoms with Crippen molar-refractivity contribution in [3.63, 3.8) is 0 Å². The van der Waals surface area contributed by atoms with Crippen molar-refractivity contribution >= 4 is 6.03 Å². The first-order valence-electron chi connectivity index (χ1n) is 9.39. The number of urea groups is 1. The predicted molar refractivity (Wildman–Crippen MR) is 110 cm³/mol. The maximum Gasteiger partial charge on any atom is 0.317 e. The highest BCUT2D eigenvalue weighted by molar-refractivity contribution is 5.74. The molecule has 0 aliphatic heterocycles. The number of rotatable bonds is 9. The molecule has 2 amide bonds. The lowest BCUT2D eigenvalue weighted by molar-refractivity contribution is 0.208. The van der Waals surface area contributed by atoms with Gasteiger partial charge in [-0.3, -0.25) is 0 Å². The second-order valence-corrected chi connectivity index (χ2v) is 6.79. The molecule has 0 fully saturated rings. The van der Waals surface area contributed by atoms with E-state index in [1.807, 2.05) is 56.3 Å². The summed E-state index contributed by atoms with van der Waals surface area (Å²) in [7, 11) is 5.01. The van der Waals surface area contributed by atoms with Gasteiger partial charge in [0, 0.05) is 25.7 Å². The Balaban J connectivity index is 1.88. The van der Waals surface area contributed by atoms with Gasteiger partial charge >= 0.3 is 6.03 Å². The van der Waals surface area contributed by atoms with Crippen LogP contribution in [0, 0.1) is 0 Å². The number of carbonyl (C=O) groups is 1. The second-order valence-electron chi connectivity index (χ2n) is 6.79. The fourth-order valence-corrected chi connectivity index (χ4v) is 2.76. The largest absolute Gasteiger partial charge is 0.493 e. The van der Waals surface area contributed by atoms with Crippen LogP contribution in [-0.4, -0.2) is 44.8 Å². The summed E-state index contributed by atoms with van der Waals surface area (Å²) in [5, 5.41) is 2.95. The summed E-state index contributed by atoms with van der Waals surface area (Å²) in [4.78, 5) is 14.1. The third-order valence-corrected chi connectivity index (χ3v) is 4.30. The summed E-state index contributed by atoms with van der Waals surface area (Å²) < 4.78 is 16.4. The van der Waals surface area contributed by atoms with Gasteiger partial charge in [-0.15, -0.1) is 0 Å². The first kappa shape index (κ1) is 21.4. The molecule has 0 aromatic heterocycles. The Morgan fingerprint density at radius 1 is 1.04 bits per heavy atom. The van der Waals surface area contributed by atoms with Crippen molar-refractivity contribution in [3.8, 4) is 17.2 Å². The maximum atomic E-state index is 12.4. The van der Waals surface area contributed by atoms with Crippen LogP contribution in [0.5, 0.6) is 17.2 Å². The molecule has 2 aromatic rings. The lowest BCUT2D eigenvalue weighted by Crippen LogP contribution is -2.38. The molecule has 0 radical (unpaired) electrons. The lowest BCUT2D eigenvalue weighted by Gasteiger charge is -2.19. The number of para-hydroxylation sites is 1. The molecule has 0 saturated carbocycles. The van der Waals surface area contributed by atoms with Crippen molar-refractivity contribution in [1.82, 2.24) is 10.2 Å². The van der Waals surface area contributed by atoms with Crippen molar-refractivity contribution in [2.24, 2.45) is 0 Å². The second kappa shape index (κ2) is 10.4. The SMILES string of the molecule is COc1ccc(CCN(C)C(=O)NCc2ccccc2OC(C)C)cc1OC. The first-order valence-corrected chi connectivity index (χ1v) is 9.39. The van der Waals surface area contributed by atoms with Gasteiger partial charge in [0.15, 0.2) is 11.5 Å². The molecule has 0 aliphatic carbocycles. The van der Waals surface area contributed by atoms with Crippen LogP contribution in [0.25, 0.3) is 0 Å². The van der Waals surface area contributed by atoms with E-state index in [2.05, 4.69) is 5.32 Å². The van der Waals surface area contributed by atoms with Crippen molar-refractivity contribution < 1.29 is 19.0 Å². The van der Waals surface area contributed by atoms with E-state index in [1.54, 1.807) is 26.2 Å². The number of methoxy groups -OCH3 is 2. The number of amides is 2. The van der Waals surface area contributed by atoms with E-state index in [0.717, 1.165) is 23.3 Å². The van der Waals surface area contributed by atoms with Gasteiger partial charge in [-0.1, -0.05) is 24.3 Å². The molecule has 28 heavy (non-hydrogen) atoms. The van der Waals surface area contributed by atoms with E-state index >= 15 is 0 Å². The normalized spacial score (nSPS) is 10.5. The molecule has 1 N–H and O–H groups in total. The van der Waals surface area contributed by atoms with Crippen LogP contribution in [0.4, 0.5) is 4.79 Å². The number of benzene rings is 2. The lowest BCUT2D eigenvalue weighted by atomic mass is 10.1. The third kappa shape index (κ3) is 6.08. The Morgan fingerprint density at radius 2 is 1.75 bits per heavy atom. The minimum atomic E-state index is -0.125.